The van der Waals surface area contributed by atoms with Crippen LogP contribution in [0.4, 0.5) is 10.5 Å². The van der Waals surface area contributed by atoms with Crippen LogP contribution in [0.25, 0.3) is 0 Å². The van der Waals surface area contributed by atoms with Crippen molar-refractivity contribution in [3.05, 3.63) is 53.6 Å². The third-order valence-corrected chi connectivity index (χ3v) is 5.18. The molecule has 0 spiro atoms. The Hall–Kier alpha value is -3.55. The number of hydrogen-bond donors (Lipinski definition) is 1. The lowest BCUT2D eigenvalue weighted by Crippen LogP contribution is -2.26. The van der Waals surface area contributed by atoms with Gasteiger partial charge in [0, 0.05) is 28.8 Å². The second-order valence-corrected chi connectivity index (χ2v) is 7.34. The number of ether oxygens (including phenoxy) is 3. The molecule has 1 N–H and O–H groups in total. The predicted molar refractivity (Wildman–Crippen MR) is 106 cm³/mol. The van der Waals surface area contributed by atoms with Crippen molar-refractivity contribution < 1.29 is 33.7 Å². The highest BCUT2D eigenvalue weighted by Crippen LogP contribution is 2.38. The molecule has 2 heterocycles. The Morgan fingerprint density at radius 1 is 1.20 bits per heavy atom. The summed E-state index contributed by atoms with van der Waals surface area (Å²) in [4.78, 5) is 36.0. The van der Waals surface area contributed by atoms with Crippen LogP contribution in [-0.4, -0.2) is 48.8 Å². The molecule has 8 heteroatoms. The van der Waals surface area contributed by atoms with Crippen LogP contribution in [0.5, 0.6) is 11.5 Å². The Morgan fingerprint density at radius 3 is 2.67 bits per heavy atom. The number of rotatable bonds is 7. The minimum Gasteiger partial charge on any atom is -0.492 e. The van der Waals surface area contributed by atoms with Gasteiger partial charge in [0.25, 0.3) is 0 Å². The molecule has 30 heavy (non-hydrogen) atoms. The van der Waals surface area contributed by atoms with Crippen molar-refractivity contribution in [2.24, 2.45) is 0 Å². The van der Waals surface area contributed by atoms with Gasteiger partial charge in [0.05, 0.1) is 19.6 Å². The van der Waals surface area contributed by atoms with Crippen LogP contribution in [0, 0.1) is 0 Å². The third-order valence-electron chi connectivity index (χ3n) is 5.18. The van der Waals surface area contributed by atoms with Gasteiger partial charge in [-0.3, -0.25) is 14.5 Å². The number of amides is 1. The molecule has 4 rings (SSSR count). The fourth-order valence-corrected chi connectivity index (χ4v) is 3.61. The van der Waals surface area contributed by atoms with E-state index in [1.807, 2.05) is 6.07 Å². The minimum absolute atomic E-state index is 0.0223. The van der Waals surface area contributed by atoms with Crippen LogP contribution >= 0.6 is 0 Å². The zero-order valence-electron chi connectivity index (χ0n) is 16.4. The zero-order valence-corrected chi connectivity index (χ0v) is 16.4. The first kappa shape index (κ1) is 19.8. The highest BCUT2D eigenvalue weighted by Gasteiger charge is 2.33. The monoisotopic (exact) mass is 411 g/mol. The highest BCUT2D eigenvalue weighted by atomic mass is 16.6. The van der Waals surface area contributed by atoms with Crippen molar-refractivity contribution in [3.63, 3.8) is 0 Å². The molecule has 0 aromatic heterocycles. The summed E-state index contributed by atoms with van der Waals surface area (Å²) in [7, 11) is 0. The first-order valence-corrected chi connectivity index (χ1v) is 9.61. The maximum atomic E-state index is 12.2. The number of carboxylic acid groups (broad SMARTS) is 1. The Labute approximate surface area is 173 Å². The van der Waals surface area contributed by atoms with Gasteiger partial charge in [-0.25, -0.2) is 4.79 Å². The second-order valence-electron chi connectivity index (χ2n) is 7.34. The zero-order chi connectivity index (χ0) is 21.3. The van der Waals surface area contributed by atoms with Gasteiger partial charge in [0.15, 0.2) is 11.9 Å². The summed E-state index contributed by atoms with van der Waals surface area (Å²) in [5.41, 5.74) is 2.09. The number of anilines is 1. The molecule has 0 bridgehead atoms. The first-order chi connectivity index (χ1) is 14.4. The van der Waals surface area contributed by atoms with E-state index in [9.17, 15) is 14.4 Å². The molecular weight excluding hydrogens is 390 g/mol. The number of Topliss-reactive ketones (excluding diaryl/α,β-unsaturated/α-hetero) is 1. The van der Waals surface area contributed by atoms with Gasteiger partial charge >= 0.3 is 12.1 Å². The molecule has 0 radical (unpaired) electrons. The van der Waals surface area contributed by atoms with E-state index in [1.54, 1.807) is 36.4 Å². The molecule has 2 aromatic rings. The Bertz CT molecular complexity index is 985. The summed E-state index contributed by atoms with van der Waals surface area (Å²) < 4.78 is 16.7. The van der Waals surface area contributed by atoms with Gasteiger partial charge < -0.3 is 19.3 Å². The fraction of sp³-hybridized carbons (Fsp3) is 0.318. The number of carboxylic acids is 1. The normalized spacial score (nSPS) is 19.8. The van der Waals surface area contributed by atoms with Crippen molar-refractivity contribution in [1.82, 2.24) is 0 Å². The maximum absolute atomic E-state index is 12.2. The van der Waals surface area contributed by atoms with Gasteiger partial charge in [-0.15, -0.1) is 0 Å². The summed E-state index contributed by atoms with van der Waals surface area (Å²) in [6.45, 7) is 2.33. The van der Waals surface area contributed by atoms with Crippen LogP contribution in [0.3, 0.4) is 0 Å². The van der Waals surface area contributed by atoms with Crippen molar-refractivity contribution in [1.29, 1.82) is 0 Å². The minimum atomic E-state index is -0.861. The molecule has 8 nitrogen and oxygen atoms in total. The van der Waals surface area contributed by atoms with Crippen molar-refractivity contribution >= 4 is 23.5 Å². The number of fused-ring (bicyclic) bond motifs is 1. The summed E-state index contributed by atoms with van der Waals surface area (Å²) in [5.74, 6) is 0.120. The lowest BCUT2D eigenvalue weighted by molar-refractivity contribution is -0.137. The number of carbonyl (C=O) groups is 3. The van der Waals surface area contributed by atoms with Crippen molar-refractivity contribution in [2.45, 2.75) is 25.4 Å². The van der Waals surface area contributed by atoms with Crippen LogP contribution in [-0.2, 0) is 9.53 Å². The number of ketones is 1. The van der Waals surface area contributed by atoms with Gasteiger partial charge in [-0.1, -0.05) is 6.07 Å². The van der Waals surface area contributed by atoms with Gasteiger partial charge in [-0.05, 0) is 37.3 Å². The molecule has 2 unspecified atom stereocenters. The molecule has 156 valence electrons. The molecule has 0 saturated carbocycles. The second kappa shape index (κ2) is 8.06. The van der Waals surface area contributed by atoms with E-state index in [0.717, 1.165) is 5.56 Å². The topological polar surface area (TPSA) is 102 Å². The van der Waals surface area contributed by atoms with Crippen molar-refractivity contribution in [2.75, 3.05) is 24.7 Å². The van der Waals surface area contributed by atoms with Gasteiger partial charge in [0.2, 0.25) is 0 Å². The highest BCUT2D eigenvalue weighted by molar-refractivity contribution is 5.95. The lowest BCUT2D eigenvalue weighted by atomic mass is 9.98. The molecule has 2 aliphatic rings. The average molecular weight is 411 g/mol. The van der Waals surface area contributed by atoms with E-state index in [-0.39, 0.29) is 24.7 Å². The van der Waals surface area contributed by atoms with Crippen LogP contribution in [0.2, 0.25) is 0 Å². The third kappa shape index (κ3) is 4.07. The SMILES string of the molecule is CC(=O)c1ccc(N2CC(COc3ccc4c(c3)OCC4CC(=O)O)OC2=O)cc1. The first-order valence-electron chi connectivity index (χ1n) is 9.61. The maximum Gasteiger partial charge on any atom is 0.414 e. The van der Waals surface area contributed by atoms with Crippen molar-refractivity contribution in [3.8, 4) is 11.5 Å². The van der Waals surface area contributed by atoms with Crippen LogP contribution in [0.15, 0.2) is 42.5 Å². The number of carbonyl (C=O) groups excluding carboxylic acids is 2. The number of cyclic esters (lactones) is 1. The predicted octanol–water partition coefficient (Wildman–Crippen LogP) is 3.24. The summed E-state index contributed by atoms with van der Waals surface area (Å²) in [6, 6.07) is 12.1. The number of aliphatic carboxylic acids is 1. The number of nitrogens with zero attached hydrogens (tertiary/aromatic N) is 1. The molecule has 2 atom stereocenters. The number of benzene rings is 2. The van der Waals surface area contributed by atoms with E-state index < -0.39 is 18.2 Å². The standard InChI is InChI=1S/C22H21NO7/c1-13(24)14-2-4-16(5-3-14)23-10-18(30-22(23)27)12-28-17-6-7-19-15(8-21(25)26)11-29-20(19)9-17/h2-7,9,15,18H,8,10-12H2,1H3,(H,25,26). The average Bonchev–Trinajstić information content (AvgIpc) is 3.29. The lowest BCUT2D eigenvalue weighted by Gasteiger charge is -2.14. The Balaban J connectivity index is 1.35. The van der Waals surface area contributed by atoms with Crippen LogP contribution in [0.1, 0.15) is 35.2 Å². The quantitative estimate of drug-likeness (QED) is 0.698. The van der Waals surface area contributed by atoms with Crippen LogP contribution < -0.4 is 14.4 Å². The van der Waals surface area contributed by atoms with E-state index in [4.69, 9.17) is 19.3 Å². The fourth-order valence-electron chi connectivity index (χ4n) is 3.61. The molecular formula is C22H21NO7. The molecule has 1 fully saturated rings. The molecule has 2 aromatic carbocycles. The molecule has 1 amide bonds. The summed E-state index contributed by atoms with van der Waals surface area (Å²) in [5, 5.41) is 8.98. The molecule has 1 saturated heterocycles. The summed E-state index contributed by atoms with van der Waals surface area (Å²) >= 11 is 0. The Morgan fingerprint density at radius 2 is 1.97 bits per heavy atom. The van der Waals surface area contributed by atoms with Gasteiger partial charge in [-0.2, -0.15) is 0 Å². The number of hydrogen-bond acceptors (Lipinski definition) is 6. The Kier molecular flexibility index (Phi) is 5.31. The van der Waals surface area contributed by atoms with E-state index in [1.165, 1.54) is 11.8 Å². The largest absolute Gasteiger partial charge is 0.492 e. The van der Waals surface area contributed by atoms with E-state index in [2.05, 4.69) is 0 Å². The van der Waals surface area contributed by atoms with E-state index >= 15 is 0 Å². The van der Waals surface area contributed by atoms with Gasteiger partial charge in [0.1, 0.15) is 18.1 Å². The van der Waals surface area contributed by atoms with E-state index in [0.29, 0.717) is 35.9 Å². The molecule has 2 aliphatic heterocycles. The smallest absolute Gasteiger partial charge is 0.414 e. The molecule has 0 aliphatic carbocycles. The summed E-state index contributed by atoms with van der Waals surface area (Å²) in [6.07, 6.45) is -0.888.